The van der Waals surface area contributed by atoms with Crippen molar-refractivity contribution >= 4 is 28.5 Å². The van der Waals surface area contributed by atoms with E-state index < -0.39 is 35.6 Å². The molecule has 1 aliphatic heterocycles. The van der Waals surface area contributed by atoms with Crippen LogP contribution in [0.15, 0.2) is 29.1 Å². The van der Waals surface area contributed by atoms with E-state index in [1.165, 1.54) is 18.2 Å². The topological polar surface area (TPSA) is 89.9 Å². The van der Waals surface area contributed by atoms with Crippen molar-refractivity contribution in [1.82, 2.24) is 10.0 Å². The van der Waals surface area contributed by atoms with Crippen LogP contribution in [0.5, 0.6) is 5.75 Å². The molecular formula is C17H13F6N3O5. The van der Waals surface area contributed by atoms with Crippen molar-refractivity contribution in [3.63, 3.8) is 0 Å². The molecule has 0 aliphatic carbocycles. The number of alkyl halides is 6. The summed E-state index contributed by atoms with van der Waals surface area (Å²) in [6.07, 6.45) is -11.0. The molecular weight excluding hydrogens is 440 g/mol. The molecule has 0 amide bonds. The van der Waals surface area contributed by atoms with Gasteiger partial charge in [-0.1, -0.05) is 6.07 Å². The molecule has 0 radical (unpaired) electrons. The van der Waals surface area contributed by atoms with Gasteiger partial charge in [0.25, 0.3) is 0 Å². The number of nitrogens with zero attached hydrogens (tertiary/aromatic N) is 2. The molecule has 8 nitrogen and oxygen atoms in total. The Balaban J connectivity index is 2.13. The second-order valence-electron chi connectivity index (χ2n) is 6.35. The number of halogens is 6. The van der Waals surface area contributed by atoms with Gasteiger partial charge in [-0.15, -0.1) is 4.73 Å². The lowest BCUT2D eigenvalue weighted by atomic mass is 10.1. The third-order valence-electron chi connectivity index (χ3n) is 4.24. The van der Waals surface area contributed by atoms with E-state index in [0.29, 0.717) is 31.9 Å². The highest BCUT2D eigenvalue weighted by molar-refractivity contribution is 5.86. The maximum atomic E-state index is 12.7. The second-order valence-corrected chi connectivity index (χ2v) is 6.35. The van der Waals surface area contributed by atoms with Crippen molar-refractivity contribution in [2.45, 2.75) is 12.4 Å². The molecule has 0 saturated carbocycles. The molecule has 1 aliphatic rings. The molecule has 168 valence electrons. The molecule has 0 atom stereocenters. The molecule has 1 aromatic heterocycles. The van der Waals surface area contributed by atoms with Crippen LogP contribution in [-0.2, 0) is 9.59 Å². The number of anilines is 1. The molecule has 14 heteroatoms. The zero-order valence-electron chi connectivity index (χ0n) is 15.3. The number of rotatable bonds is 3. The first-order chi connectivity index (χ1) is 14.4. The summed E-state index contributed by atoms with van der Waals surface area (Å²) >= 11 is 0. The lowest BCUT2D eigenvalue weighted by molar-refractivity contribution is -0.199. The molecule has 0 spiro atoms. The normalized spacial score (nSPS) is 15.1. The van der Waals surface area contributed by atoms with Crippen LogP contribution < -0.4 is 25.4 Å². The smallest absolute Gasteiger partial charge is 0.414 e. The summed E-state index contributed by atoms with van der Waals surface area (Å²) in [5.41, 5.74) is -1.57. The summed E-state index contributed by atoms with van der Waals surface area (Å²) in [5, 5.41) is 2.98. The van der Waals surface area contributed by atoms with E-state index in [4.69, 9.17) is 0 Å². The number of carbonyl (C=O) groups excluding carboxylic acids is 2. The first-order valence-electron chi connectivity index (χ1n) is 8.62. The maximum absolute atomic E-state index is 12.7. The quantitative estimate of drug-likeness (QED) is 0.555. The van der Waals surface area contributed by atoms with Crippen molar-refractivity contribution in [3.05, 3.63) is 34.6 Å². The van der Waals surface area contributed by atoms with E-state index in [-0.39, 0.29) is 15.6 Å². The van der Waals surface area contributed by atoms with E-state index in [9.17, 15) is 40.7 Å². The van der Waals surface area contributed by atoms with Crippen molar-refractivity contribution in [3.8, 4) is 5.75 Å². The number of piperazine rings is 1. The van der Waals surface area contributed by atoms with Crippen molar-refractivity contribution in [2.75, 3.05) is 31.1 Å². The van der Waals surface area contributed by atoms with Gasteiger partial charge in [-0.05, 0) is 18.2 Å². The Bertz CT molecular complexity index is 1070. The molecule has 2 aromatic rings. The second kappa shape index (κ2) is 8.09. The number of hydrogen-bond acceptors (Lipinski definition) is 7. The number of nitrogens with one attached hydrogen (secondary N) is 1. The number of esters is 1. The zero-order valence-corrected chi connectivity index (χ0v) is 15.3. The average molecular weight is 453 g/mol. The van der Waals surface area contributed by atoms with Gasteiger partial charge in [-0.3, -0.25) is 4.79 Å². The maximum Gasteiger partial charge on any atom is 0.493 e. The van der Waals surface area contributed by atoms with Gasteiger partial charge < -0.3 is 19.8 Å². The number of pyridine rings is 1. The minimum atomic E-state index is -5.50. The van der Waals surface area contributed by atoms with Gasteiger partial charge in [0.15, 0.2) is 5.75 Å². The standard InChI is InChI=1S/C17H13F6N3O5/c18-16(19,20)14(28)30-12-7-9-1-2-10(25-5-3-24-4-6-25)8-11(9)26(13(12)27)31-15(29)17(21,22)23/h1-2,7-8,24H,3-6H2. The summed E-state index contributed by atoms with van der Waals surface area (Å²) in [6.45, 7) is 2.28. The van der Waals surface area contributed by atoms with Crippen molar-refractivity contribution < 1.29 is 45.5 Å². The molecule has 1 fully saturated rings. The molecule has 3 rings (SSSR count). The Morgan fingerprint density at radius 3 is 2.13 bits per heavy atom. The fraction of sp³-hybridized carbons (Fsp3) is 0.353. The number of aromatic nitrogens is 1. The van der Waals surface area contributed by atoms with Crippen molar-refractivity contribution in [1.29, 1.82) is 0 Å². The van der Waals surface area contributed by atoms with Crippen LogP contribution in [0.1, 0.15) is 0 Å². The van der Waals surface area contributed by atoms with Gasteiger partial charge in [0, 0.05) is 37.3 Å². The van der Waals surface area contributed by atoms with Gasteiger partial charge in [-0.2, -0.15) is 26.3 Å². The van der Waals surface area contributed by atoms with E-state index in [0.717, 1.165) is 6.07 Å². The van der Waals surface area contributed by atoms with Crippen LogP contribution in [0, 0.1) is 0 Å². The Labute approximate surface area is 168 Å². The summed E-state index contributed by atoms with van der Waals surface area (Å²) in [6, 6.07) is 4.75. The molecule has 1 N–H and O–H groups in total. The summed E-state index contributed by atoms with van der Waals surface area (Å²) in [7, 11) is 0. The fourth-order valence-corrected chi connectivity index (χ4v) is 2.82. The molecule has 1 aromatic carbocycles. The Morgan fingerprint density at radius 1 is 0.935 bits per heavy atom. The zero-order chi connectivity index (χ0) is 23.0. The Hall–Kier alpha value is -3.29. The molecule has 0 bridgehead atoms. The monoisotopic (exact) mass is 453 g/mol. The van der Waals surface area contributed by atoms with Crippen LogP contribution >= 0.6 is 0 Å². The largest absolute Gasteiger partial charge is 0.493 e. The van der Waals surface area contributed by atoms with Crippen molar-refractivity contribution in [2.24, 2.45) is 0 Å². The van der Waals surface area contributed by atoms with Crippen LogP contribution in [-0.4, -0.2) is 55.2 Å². The summed E-state index contributed by atoms with van der Waals surface area (Å²) < 4.78 is 79.3. The highest BCUT2D eigenvalue weighted by atomic mass is 19.4. The third kappa shape index (κ3) is 4.90. The van der Waals surface area contributed by atoms with Gasteiger partial charge in [0.05, 0.1) is 5.52 Å². The predicted octanol–water partition coefficient (Wildman–Crippen LogP) is 1.40. The average Bonchev–Trinajstić information content (AvgIpc) is 2.69. The van der Waals surface area contributed by atoms with Gasteiger partial charge in [0.2, 0.25) is 0 Å². The number of benzene rings is 1. The minimum Gasteiger partial charge on any atom is -0.414 e. The molecule has 31 heavy (non-hydrogen) atoms. The number of hydrogen-bond donors (Lipinski definition) is 1. The summed E-state index contributed by atoms with van der Waals surface area (Å²) in [4.78, 5) is 40.8. The minimum absolute atomic E-state index is 0.113. The fourth-order valence-electron chi connectivity index (χ4n) is 2.82. The third-order valence-corrected chi connectivity index (χ3v) is 4.24. The van der Waals surface area contributed by atoms with E-state index in [2.05, 4.69) is 14.9 Å². The van der Waals surface area contributed by atoms with E-state index in [1.54, 1.807) is 0 Å². The SMILES string of the molecule is O=C(Oc1cc2ccc(N3CCNCC3)cc2n(OC(=O)C(F)(F)F)c1=O)C(F)(F)F. The molecule has 2 heterocycles. The first kappa shape index (κ1) is 22.4. The number of fused-ring (bicyclic) bond motifs is 1. The van der Waals surface area contributed by atoms with Crippen LogP contribution in [0.25, 0.3) is 10.9 Å². The van der Waals surface area contributed by atoms with Gasteiger partial charge in [0.1, 0.15) is 0 Å². The molecule has 0 unspecified atom stereocenters. The first-order valence-corrected chi connectivity index (χ1v) is 8.62. The number of carbonyl (C=O) groups is 2. The van der Waals surface area contributed by atoms with Crippen LogP contribution in [0.4, 0.5) is 32.0 Å². The highest BCUT2D eigenvalue weighted by Gasteiger charge is 2.44. The number of ether oxygens (including phenoxy) is 1. The Morgan fingerprint density at radius 2 is 1.55 bits per heavy atom. The lowest BCUT2D eigenvalue weighted by Crippen LogP contribution is -2.43. The Kier molecular flexibility index (Phi) is 5.85. The molecule has 1 saturated heterocycles. The van der Waals surface area contributed by atoms with Crippen LogP contribution in [0.3, 0.4) is 0 Å². The van der Waals surface area contributed by atoms with Crippen LogP contribution in [0.2, 0.25) is 0 Å². The highest BCUT2D eigenvalue weighted by Crippen LogP contribution is 2.26. The van der Waals surface area contributed by atoms with Gasteiger partial charge in [-0.25, -0.2) is 9.59 Å². The van der Waals surface area contributed by atoms with Gasteiger partial charge >= 0.3 is 29.9 Å². The lowest BCUT2D eigenvalue weighted by Gasteiger charge is -2.29. The summed E-state index contributed by atoms with van der Waals surface area (Å²) in [5.74, 6) is -6.82. The predicted molar refractivity (Wildman–Crippen MR) is 92.6 cm³/mol. The van der Waals surface area contributed by atoms with E-state index in [1.807, 2.05) is 4.90 Å². The van der Waals surface area contributed by atoms with E-state index >= 15 is 0 Å².